The summed E-state index contributed by atoms with van der Waals surface area (Å²) in [6, 6.07) is 7.75. The van der Waals surface area contributed by atoms with E-state index in [2.05, 4.69) is 10.6 Å². The Morgan fingerprint density at radius 3 is 2.80 bits per heavy atom. The molecule has 1 aliphatic heterocycles. The van der Waals surface area contributed by atoms with Gasteiger partial charge in [-0.15, -0.1) is 0 Å². The lowest BCUT2D eigenvalue weighted by atomic mass is 10.0. The monoisotopic (exact) mass is 316 g/mol. The molecule has 1 saturated heterocycles. The van der Waals surface area contributed by atoms with Crippen molar-refractivity contribution in [3.63, 3.8) is 0 Å². The Kier molecular flexibility index (Phi) is 5.07. The molecule has 0 saturated carbocycles. The summed E-state index contributed by atoms with van der Waals surface area (Å²) in [5.74, 6) is 0.542. The fraction of sp³-hybridized carbons (Fsp3) is 0.571. The lowest BCUT2D eigenvalue weighted by Gasteiger charge is -2.24. The van der Waals surface area contributed by atoms with Gasteiger partial charge in [-0.3, -0.25) is 0 Å². The standard InChI is InChI=1S/C14H21ClN2O2S/c1-14(5-8-20(18,19)11-14)17-7-6-16-10-12-3-2-4-13(15)9-12/h2-4,9,16-17H,5-8,10-11H2,1H3/t14-/m0/s1. The molecule has 1 fully saturated rings. The third-order valence-electron chi connectivity index (χ3n) is 3.58. The number of hydrogen-bond donors (Lipinski definition) is 2. The van der Waals surface area contributed by atoms with Gasteiger partial charge >= 0.3 is 0 Å². The highest BCUT2D eigenvalue weighted by molar-refractivity contribution is 7.91. The maximum atomic E-state index is 11.5. The van der Waals surface area contributed by atoms with Crippen molar-refractivity contribution in [2.75, 3.05) is 24.6 Å². The highest BCUT2D eigenvalue weighted by atomic mass is 35.5. The highest BCUT2D eigenvalue weighted by Crippen LogP contribution is 2.22. The highest BCUT2D eigenvalue weighted by Gasteiger charge is 2.37. The van der Waals surface area contributed by atoms with Gasteiger partial charge in [0.15, 0.2) is 9.84 Å². The average molecular weight is 317 g/mol. The summed E-state index contributed by atoms with van der Waals surface area (Å²) in [5.41, 5.74) is 0.878. The van der Waals surface area contributed by atoms with E-state index < -0.39 is 9.84 Å². The van der Waals surface area contributed by atoms with Crippen LogP contribution in [0, 0.1) is 0 Å². The van der Waals surface area contributed by atoms with Gasteiger partial charge in [0.05, 0.1) is 11.5 Å². The Bertz CT molecular complexity index is 562. The summed E-state index contributed by atoms with van der Waals surface area (Å²) in [4.78, 5) is 0. The quantitative estimate of drug-likeness (QED) is 0.783. The first-order valence-electron chi connectivity index (χ1n) is 6.79. The van der Waals surface area contributed by atoms with Gasteiger partial charge < -0.3 is 10.6 Å². The Labute approximate surface area is 125 Å². The summed E-state index contributed by atoms with van der Waals surface area (Å²) in [7, 11) is -2.84. The lowest BCUT2D eigenvalue weighted by molar-refractivity contribution is 0.395. The van der Waals surface area contributed by atoms with Crippen molar-refractivity contribution in [1.29, 1.82) is 0 Å². The van der Waals surface area contributed by atoms with E-state index in [0.717, 1.165) is 30.2 Å². The van der Waals surface area contributed by atoms with Crippen LogP contribution in [0.25, 0.3) is 0 Å². The molecule has 1 heterocycles. The largest absolute Gasteiger partial charge is 0.311 e. The molecule has 0 bridgehead atoms. The SMILES string of the molecule is C[C@]1(NCCNCc2cccc(Cl)c2)CCS(=O)(=O)C1. The number of nitrogens with one attached hydrogen (secondary N) is 2. The first kappa shape index (κ1) is 15.8. The van der Waals surface area contributed by atoms with E-state index in [4.69, 9.17) is 11.6 Å². The van der Waals surface area contributed by atoms with Crippen LogP contribution in [0.5, 0.6) is 0 Å². The zero-order valence-corrected chi connectivity index (χ0v) is 13.2. The predicted molar refractivity (Wildman–Crippen MR) is 82.8 cm³/mol. The van der Waals surface area contributed by atoms with E-state index in [1.807, 2.05) is 31.2 Å². The lowest BCUT2D eigenvalue weighted by Crippen LogP contribution is -2.46. The zero-order chi connectivity index (χ0) is 14.6. The minimum absolute atomic E-state index is 0.244. The molecule has 20 heavy (non-hydrogen) atoms. The van der Waals surface area contributed by atoms with Crippen molar-refractivity contribution in [2.24, 2.45) is 0 Å². The van der Waals surface area contributed by atoms with Crippen LogP contribution < -0.4 is 10.6 Å². The molecule has 1 atom stereocenters. The van der Waals surface area contributed by atoms with E-state index >= 15 is 0 Å². The van der Waals surface area contributed by atoms with Crippen LogP contribution in [-0.2, 0) is 16.4 Å². The molecule has 0 aliphatic carbocycles. The molecule has 1 aliphatic rings. The van der Waals surface area contributed by atoms with Crippen molar-refractivity contribution < 1.29 is 8.42 Å². The molecule has 112 valence electrons. The first-order valence-corrected chi connectivity index (χ1v) is 8.99. The van der Waals surface area contributed by atoms with Gasteiger partial charge in [0.25, 0.3) is 0 Å². The zero-order valence-electron chi connectivity index (χ0n) is 11.7. The summed E-state index contributed by atoms with van der Waals surface area (Å²) in [6.07, 6.45) is 0.698. The minimum Gasteiger partial charge on any atom is -0.311 e. The van der Waals surface area contributed by atoms with Crippen LogP contribution in [0.4, 0.5) is 0 Å². The molecule has 0 amide bonds. The van der Waals surface area contributed by atoms with Crippen LogP contribution in [0.2, 0.25) is 5.02 Å². The fourth-order valence-electron chi connectivity index (χ4n) is 2.48. The summed E-state index contributed by atoms with van der Waals surface area (Å²) in [5, 5.41) is 7.41. The second kappa shape index (κ2) is 6.43. The second-order valence-corrected chi connectivity index (χ2v) is 8.26. The van der Waals surface area contributed by atoms with Crippen LogP contribution in [0.15, 0.2) is 24.3 Å². The summed E-state index contributed by atoms with van der Waals surface area (Å²) in [6.45, 7) is 4.29. The first-order chi connectivity index (χ1) is 9.39. The minimum atomic E-state index is -2.84. The van der Waals surface area contributed by atoms with E-state index in [1.165, 1.54) is 0 Å². The van der Waals surface area contributed by atoms with Crippen LogP contribution >= 0.6 is 11.6 Å². The Hall–Kier alpha value is -0.620. The van der Waals surface area contributed by atoms with E-state index in [-0.39, 0.29) is 11.3 Å². The fourth-order valence-corrected chi connectivity index (χ4v) is 4.82. The van der Waals surface area contributed by atoms with Gasteiger partial charge in [0, 0.05) is 30.2 Å². The number of sulfone groups is 1. The Morgan fingerprint density at radius 1 is 1.35 bits per heavy atom. The molecule has 4 nitrogen and oxygen atoms in total. The van der Waals surface area contributed by atoms with Crippen molar-refractivity contribution in [3.05, 3.63) is 34.9 Å². The van der Waals surface area contributed by atoms with E-state index in [1.54, 1.807) is 0 Å². The average Bonchev–Trinajstić information content (AvgIpc) is 2.63. The smallest absolute Gasteiger partial charge is 0.152 e. The van der Waals surface area contributed by atoms with Gasteiger partial charge in [-0.1, -0.05) is 23.7 Å². The van der Waals surface area contributed by atoms with Gasteiger partial charge in [-0.25, -0.2) is 8.42 Å². The maximum absolute atomic E-state index is 11.5. The number of hydrogen-bond acceptors (Lipinski definition) is 4. The molecule has 0 unspecified atom stereocenters. The maximum Gasteiger partial charge on any atom is 0.152 e. The third-order valence-corrected chi connectivity index (χ3v) is 5.71. The van der Waals surface area contributed by atoms with E-state index in [9.17, 15) is 8.42 Å². The molecule has 1 aromatic rings. The third kappa shape index (κ3) is 4.74. The molecule has 1 aromatic carbocycles. The van der Waals surface area contributed by atoms with Gasteiger partial charge in [-0.2, -0.15) is 0 Å². The van der Waals surface area contributed by atoms with Gasteiger partial charge in [-0.05, 0) is 31.0 Å². The number of rotatable bonds is 6. The topological polar surface area (TPSA) is 58.2 Å². The molecule has 2 N–H and O–H groups in total. The summed E-state index contributed by atoms with van der Waals surface area (Å²) >= 11 is 5.92. The Balaban J connectivity index is 1.67. The molecular formula is C14H21ClN2O2S. The van der Waals surface area contributed by atoms with Crippen molar-refractivity contribution in [3.8, 4) is 0 Å². The molecule has 0 radical (unpaired) electrons. The van der Waals surface area contributed by atoms with Crippen LogP contribution in [0.1, 0.15) is 18.9 Å². The molecule has 6 heteroatoms. The van der Waals surface area contributed by atoms with Crippen molar-refractivity contribution in [2.45, 2.75) is 25.4 Å². The van der Waals surface area contributed by atoms with Gasteiger partial charge in [0.2, 0.25) is 0 Å². The van der Waals surface area contributed by atoms with Gasteiger partial charge in [0.1, 0.15) is 0 Å². The van der Waals surface area contributed by atoms with Crippen LogP contribution in [-0.4, -0.2) is 38.6 Å². The molecule has 2 rings (SSSR count). The number of halogens is 1. The van der Waals surface area contributed by atoms with E-state index in [0.29, 0.717) is 12.2 Å². The normalized spacial score (nSPS) is 24.9. The second-order valence-electron chi connectivity index (χ2n) is 5.64. The molecular weight excluding hydrogens is 296 g/mol. The van der Waals surface area contributed by atoms with Crippen molar-refractivity contribution in [1.82, 2.24) is 10.6 Å². The number of benzene rings is 1. The van der Waals surface area contributed by atoms with Crippen LogP contribution in [0.3, 0.4) is 0 Å². The molecule has 0 aromatic heterocycles. The summed E-state index contributed by atoms with van der Waals surface area (Å²) < 4.78 is 23.0. The Morgan fingerprint density at radius 2 is 2.15 bits per heavy atom. The van der Waals surface area contributed by atoms with Crippen molar-refractivity contribution >= 4 is 21.4 Å². The molecule has 0 spiro atoms. The predicted octanol–water partition coefficient (Wildman–Crippen LogP) is 1.60.